The van der Waals surface area contributed by atoms with Crippen LogP contribution in [0.25, 0.3) is 22.3 Å². The van der Waals surface area contributed by atoms with E-state index in [2.05, 4.69) is 68.4 Å². The average molecular weight is 793 g/mol. The smallest absolute Gasteiger partial charge is 0.329 e. The zero-order chi connectivity index (χ0) is 40.4. The average Bonchev–Trinajstić information content (AvgIpc) is 3.23. The van der Waals surface area contributed by atoms with Gasteiger partial charge in [0, 0.05) is 5.56 Å². The van der Waals surface area contributed by atoms with Crippen LogP contribution in [0.15, 0.2) is 66.7 Å². The Morgan fingerprint density at radius 2 is 0.825 bits per heavy atom. The summed E-state index contributed by atoms with van der Waals surface area (Å²) in [6, 6.07) is 23.0. The van der Waals surface area contributed by atoms with Gasteiger partial charge in [-0.2, -0.15) is 0 Å². The molecule has 0 saturated heterocycles. The molecule has 3 rings (SSSR count). The number of hydrogen-bond acceptors (Lipinski definition) is 8. The maximum Gasteiger partial charge on any atom is 0.329 e. The lowest BCUT2D eigenvalue weighted by Gasteiger charge is -2.15. The van der Waals surface area contributed by atoms with Crippen LogP contribution in [0.3, 0.4) is 0 Å². The third kappa shape index (κ3) is 22.8. The summed E-state index contributed by atoms with van der Waals surface area (Å²) in [4.78, 5) is 10.5. The van der Waals surface area contributed by atoms with Gasteiger partial charge in [-0.1, -0.05) is 140 Å². The number of benzene rings is 3. The first-order chi connectivity index (χ1) is 28.1. The largest absolute Gasteiger partial charge is 0.494 e. The molecule has 0 aliphatic rings. The molecular weight excluding hydrogens is 721 g/mol. The number of rotatable bonds is 37. The Bertz CT molecular complexity index is 1410. The molecule has 9 nitrogen and oxygen atoms in total. The molecular formula is C48H72O9. The van der Waals surface area contributed by atoms with Gasteiger partial charge in [-0.3, -0.25) is 0 Å². The first-order valence-electron chi connectivity index (χ1n) is 21.9. The summed E-state index contributed by atoms with van der Waals surface area (Å²) < 4.78 is 40.2. The number of unbranched alkanes of at least 4 members (excludes halogenated alkanes) is 14. The van der Waals surface area contributed by atoms with Crippen LogP contribution in [0.1, 0.15) is 117 Å². The highest BCUT2D eigenvalue weighted by molar-refractivity contribution is 5.77. The van der Waals surface area contributed by atoms with Crippen LogP contribution >= 0.6 is 0 Å². The van der Waals surface area contributed by atoms with Crippen molar-refractivity contribution in [3.05, 3.63) is 66.7 Å². The molecule has 0 bridgehead atoms. The highest BCUT2D eigenvalue weighted by atomic mass is 16.6. The molecule has 0 saturated carbocycles. The molecule has 3 aromatic rings. The molecule has 0 atom stereocenters. The quantitative estimate of drug-likeness (QED) is 0.0572. The summed E-state index contributed by atoms with van der Waals surface area (Å²) in [5.41, 5.74) is 4.24. The van der Waals surface area contributed by atoms with Crippen molar-refractivity contribution in [2.75, 3.05) is 72.7 Å². The highest BCUT2D eigenvalue weighted by Gasteiger charge is 2.11. The topological polar surface area (TPSA) is 102 Å². The second-order valence-corrected chi connectivity index (χ2v) is 14.5. The van der Waals surface area contributed by atoms with Gasteiger partial charge < -0.3 is 38.3 Å². The normalized spacial score (nSPS) is 11.2. The Morgan fingerprint density at radius 1 is 0.421 bits per heavy atom. The number of carboxylic acids is 1. The second kappa shape index (κ2) is 32.3. The van der Waals surface area contributed by atoms with E-state index in [9.17, 15) is 4.79 Å². The van der Waals surface area contributed by atoms with Gasteiger partial charge in [0.2, 0.25) is 0 Å². The molecule has 0 aliphatic carbocycles. The van der Waals surface area contributed by atoms with Gasteiger partial charge in [-0.25, -0.2) is 4.79 Å². The Morgan fingerprint density at radius 3 is 1.30 bits per heavy atom. The molecule has 57 heavy (non-hydrogen) atoms. The van der Waals surface area contributed by atoms with Crippen LogP contribution in [0.5, 0.6) is 17.2 Å². The summed E-state index contributed by atoms with van der Waals surface area (Å²) in [6.07, 6.45) is 20.5. The fraction of sp³-hybridized carbons (Fsp3) is 0.604. The lowest BCUT2D eigenvalue weighted by molar-refractivity contribution is -0.142. The van der Waals surface area contributed by atoms with Crippen LogP contribution in [0.4, 0.5) is 0 Å². The van der Waals surface area contributed by atoms with Crippen molar-refractivity contribution in [2.45, 2.75) is 117 Å². The molecule has 0 unspecified atom stereocenters. The first-order valence-corrected chi connectivity index (χ1v) is 21.9. The van der Waals surface area contributed by atoms with Gasteiger partial charge in [-0.15, -0.1) is 0 Å². The van der Waals surface area contributed by atoms with Gasteiger partial charge in [-0.05, 0) is 59.9 Å². The fourth-order valence-corrected chi connectivity index (χ4v) is 6.42. The van der Waals surface area contributed by atoms with Crippen molar-refractivity contribution in [3.8, 4) is 39.5 Å². The SMILES string of the molecule is CCCCCCCCCCOc1ccc(-c2ccc(-c3ccc(OCCCCCCCCCC)cc3)c(OCCOCCOCCOCCOCC(=O)O)c2)cc1. The second-order valence-electron chi connectivity index (χ2n) is 14.5. The zero-order valence-corrected chi connectivity index (χ0v) is 35.2. The minimum absolute atomic E-state index is 0.236. The Balaban J connectivity index is 1.49. The number of carbonyl (C=O) groups is 1. The molecule has 0 radical (unpaired) electrons. The van der Waals surface area contributed by atoms with Gasteiger partial charge >= 0.3 is 5.97 Å². The monoisotopic (exact) mass is 793 g/mol. The van der Waals surface area contributed by atoms with Crippen molar-refractivity contribution in [1.29, 1.82) is 0 Å². The molecule has 1 N–H and O–H groups in total. The number of aliphatic carboxylic acids is 1. The Hall–Kier alpha value is -3.63. The third-order valence-corrected chi connectivity index (χ3v) is 9.69. The van der Waals surface area contributed by atoms with Crippen LogP contribution in [-0.2, 0) is 23.7 Å². The molecule has 0 fully saturated rings. The van der Waals surface area contributed by atoms with Crippen molar-refractivity contribution < 1.29 is 43.1 Å². The molecule has 0 amide bonds. The van der Waals surface area contributed by atoms with Gasteiger partial charge in [0.05, 0.1) is 59.5 Å². The van der Waals surface area contributed by atoms with Gasteiger partial charge in [0.15, 0.2) is 0 Å². The van der Waals surface area contributed by atoms with Crippen LogP contribution in [0.2, 0.25) is 0 Å². The van der Waals surface area contributed by atoms with E-state index in [0.717, 1.165) is 65.6 Å². The predicted octanol–water partition coefficient (Wildman–Crippen LogP) is 11.6. The summed E-state index contributed by atoms with van der Waals surface area (Å²) in [5.74, 6) is 1.58. The third-order valence-electron chi connectivity index (χ3n) is 9.69. The summed E-state index contributed by atoms with van der Waals surface area (Å²) >= 11 is 0. The predicted molar refractivity (Wildman–Crippen MR) is 230 cm³/mol. The number of carboxylic acid groups (broad SMARTS) is 1. The van der Waals surface area contributed by atoms with E-state index in [1.165, 1.54) is 89.9 Å². The van der Waals surface area contributed by atoms with E-state index in [-0.39, 0.29) is 13.2 Å². The number of hydrogen-bond donors (Lipinski definition) is 1. The van der Waals surface area contributed by atoms with E-state index >= 15 is 0 Å². The van der Waals surface area contributed by atoms with E-state index in [1.807, 2.05) is 12.1 Å². The van der Waals surface area contributed by atoms with E-state index in [4.69, 9.17) is 38.3 Å². The Labute approximate surface area is 343 Å². The van der Waals surface area contributed by atoms with Crippen LogP contribution in [0, 0.1) is 0 Å². The number of ether oxygens (including phenoxy) is 7. The maximum absolute atomic E-state index is 10.5. The first kappa shape index (κ1) is 47.7. The summed E-state index contributed by atoms with van der Waals surface area (Å²) in [7, 11) is 0. The summed E-state index contributed by atoms with van der Waals surface area (Å²) in [5, 5.41) is 8.58. The van der Waals surface area contributed by atoms with Crippen molar-refractivity contribution in [3.63, 3.8) is 0 Å². The zero-order valence-electron chi connectivity index (χ0n) is 35.2. The molecule has 9 heteroatoms. The maximum atomic E-state index is 10.5. The van der Waals surface area contributed by atoms with E-state index < -0.39 is 5.97 Å². The molecule has 318 valence electrons. The summed E-state index contributed by atoms with van der Waals surface area (Å²) in [6.45, 7) is 8.75. The van der Waals surface area contributed by atoms with Crippen molar-refractivity contribution in [2.24, 2.45) is 0 Å². The van der Waals surface area contributed by atoms with E-state index in [1.54, 1.807) is 0 Å². The molecule has 0 aromatic heterocycles. The molecule has 3 aromatic carbocycles. The minimum Gasteiger partial charge on any atom is -0.494 e. The van der Waals surface area contributed by atoms with Gasteiger partial charge in [0.1, 0.15) is 30.5 Å². The van der Waals surface area contributed by atoms with Crippen molar-refractivity contribution in [1.82, 2.24) is 0 Å². The Kier molecular flexibility index (Phi) is 27.1. The van der Waals surface area contributed by atoms with Crippen LogP contribution < -0.4 is 14.2 Å². The lowest BCUT2D eigenvalue weighted by atomic mass is 9.99. The van der Waals surface area contributed by atoms with Crippen molar-refractivity contribution >= 4 is 5.97 Å². The fourth-order valence-electron chi connectivity index (χ4n) is 6.42. The minimum atomic E-state index is -0.992. The highest BCUT2D eigenvalue weighted by Crippen LogP contribution is 2.36. The van der Waals surface area contributed by atoms with E-state index in [0.29, 0.717) is 46.2 Å². The molecule has 0 aliphatic heterocycles. The van der Waals surface area contributed by atoms with Crippen LogP contribution in [-0.4, -0.2) is 83.8 Å². The standard InChI is InChI=1S/C48H72O9/c1-3-5-7-9-11-13-15-17-29-55-44-24-19-41(20-25-44)43-23-28-46(42-21-26-45(27-22-42)56-30-18-16-14-12-10-8-6-4-2)47(39-43)57-38-37-53-34-33-51-31-32-52-35-36-54-40-48(49)50/h19-28,39H,3-18,29-38,40H2,1-2H3,(H,49,50). The lowest BCUT2D eigenvalue weighted by Crippen LogP contribution is -2.15. The molecule has 0 spiro atoms. The van der Waals surface area contributed by atoms with Gasteiger partial charge in [0.25, 0.3) is 0 Å². The molecule has 0 heterocycles.